The highest BCUT2D eigenvalue weighted by atomic mass is 32.1. The minimum atomic E-state index is -0.460. The van der Waals surface area contributed by atoms with Gasteiger partial charge in [0.1, 0.15) is 0 Å². The van der Waals surface area contributed by atoms with Crippen molar-refractivity contribution in [2.45, 2.75) is 13.1 Å². The molecule has 7 heteroatoms. The number of nitro groups is 1. The Hall–Kier alpha value is -1.86. The highest BCUT2D eigenvalue weighted by Gasteiger charge is 2.04. The predicted molar refractivity (Wildman–Crippen MR) is 77.4 cm³/mol. The van der Waals surface area contributed by atoms with Gasteiger partial charge in [-0.3, -0.25) is 10.1 Å². The van der Waals surface area contributed by atoms with Gasteiger partial charge in [-0.1, -0.05) is 12.1 Å². The summed E-state index contributed by atoms with van der Waals surface area (Å²) in [6.45, 7) is 1.16. The molecule has 0 aromatic carbocycles. The Kier molecular flexibility index (Phi) is 4.93. The number of hydrogen-bond donors (Lipinski definition) is 2. The van der Waals surface area contributed by atoms with Gasteiger partial charge in [-0.05, 0) is 22.9 Å². The lowest BCUT2D eigenvalue weighted by molar-refractivity contribution is -0.404. The molecule has 5 nitrogen and oxygen atoms in total. The van der Waals surface area contributed by atoms with E-state index in [4.69, 9.17) is 0 Å². The second kappa shape index (κ2) is 6.91. The van der Waals surface area contributed by atoms with Crippen molar-refractivity contribution in [3.05, 3.63) is 66.9 Å². The van der Waals surface area contributed by atoms with E-state index >= 15 is 0 Å². The molecular formula is C12H13N3O2S2. The highest BCUT2D eigenvalue weighted by Crippen LogP contribution is 2.10. The maximum absolute atomic E-state index is 10.6. The fourth-order valence-corrected chi connectivity index (χ4v) is 2.74. The molecule has 0 amide bonds. The Labute approximate surface area is 118 Å². The normalized spacial score (nSPS) is 9.89. The number of nitrogens with one attached hydrogen (secondary N) is 2. The molecule has 2 heterocycles. The fraction of sp³-hybridized carbons (Fsp3) is 0.167. The van der Waals surface area contributed by atoms with Gasteiger partial charge in [0.2, 0.25) is 0 Å². The standard InChI is InChI=1S/C12H13N3O2S2/c16-15(17)9-12(13-7-10-3-1-5-18-10)14-8-11-4-2-6-19-11/h1-6,9,13-14H,7-8H2. The average Bonchev–Trinajstić information content (AvgIpc) is 3.05. The van der Waals surface area contributed by atoms with E-state index in [1.54, 1.807) is 22.7 Å². The first kappa shape index (κ1) is 13.6. The first-order chi connectivity index (χ1) is 9.24. The van der Waals surface area contributed by atoms with Crippen LogP contribution in [-0.4, -0.2) is 4.92 Å². The summed E-state index contributed by atoms with van der Waals surface area (Å²) in [7, 11) is 0. The second-order valence-electron chi connectivity index (χ2n) is 3.69. The molecular weight excluding hydrogens is 282 g/mol. The average molecular weight is 295 g/mol. The largest absolute Gasteiger partial charge is 0.362 e. The SMILES string of the molecule is O=[N+]([O-])C=C(NCc1cccs1)NCc1cccs1. The molecule has 2 N–H and O–H groups in total. The third kappa shape index (κ3) is 4.72. The highest BCUT2D eigenvalue weighted by molar-refractivity contribution is 7.10. The Morgan fingerprint density at radius 1 is 1.16 bits per heavy atom. The van der Waals surface area contributed by atoms with Gasteiger partial charge in [0.05, 0.1) is 18.0 Å². The van der Waals surface area contributed by atoms with Crippen LogP contribution in [0.25, 0.3) is 0 Å². The molecule has 0 bridgehead atoms. The van der Waals surface area contributed by atoms with Crippen LogP contribution in [0.5, 0.6) is 0 Å². The summed E-state index contributed by atoms with van der Waals surface area (Å²) in [6.07, 6.45) is 0.960. The van der Waals surface area contributed by atoms with Crippen molar-refractivity contribution in [3.63, 3.8) is 0 Å². The van der Waals surface area contributed by atoms with E-state index < -0.39 is 4.92 Å². The zero-order valence-electron chi connectivity index (χ0n) is 10.0. The van der Waals surface area contributed by atoms with Crippen molar-refractivity contribution >= 4 is 22.7 Å². The van der Waals surface area contributed by atoms with E-state index in [1.807, 2.05) is 35.0 Å². The van der Waals surface area contributed by atoms with E-state index in [-0.39, 0.29) is 0 Å². The lowest BCUT2D eigenvalue weighted by Crippen LogP contribution is -2.26. The minimum Gasteiger partial charge on any atom is -0.362 e. The number of nitrogens with zero attached hydrogens (tertiary/aromatic N) is 1. The van der Waals surface area contributed by atoms with Gasteiger partial charge in [0, 0.05) is 9.75 Å². The zero-order chi connectivity index (χ0) is 13.5. The Morgan fingerprint density at radius 2 is 1.68 bits per heavy atom. The third-order valence-corrected chi connectivity index (χ3v) is 4.05. The van der Waals surface area contributed by atoms with Crippen LogP contribution in [0.4, 0.5) is 0 Å². The number of rotatable bonds is 7. The summed E-state index contributed by atoms with van der Waals surface area (Å²) in [5, 5.41) is 20.6. The molecule has 0 spiro atoms. The van der Waals surface area contributed by atoms with Crippen LogP contribution in [0, 0.1) is 10.1 Å². The van der Waals surface area contributed by atoms with Gasteiger partial charge in [0.15, 0.2) is 5.82 Å². The van der Waals surface area contributed by atoms with Crippen molar-refractivity contribution in [2.75, 3.05) is 0 Å². The molecule has 19 heavy (non-hydrogen) atoms. The molecule has 0 aliphatic heterocycles. The summed E-state index contributed by atoms with van der Waals surface area (Å²) in [5.41, 5.74) is 0. The third-order valence-electron chi connectivity index (χ3n) is 2.30. The molecule has 100 valence electrons. The first-order valence-corrected chi connectivity index (χ1v) is 7.38. The van der Waals surface area contributed by atoms with E-state index in [9.17, 15) is 10.1 Å². The van der Waals surface area contributed by atoms with Crippen LogP contribution < -0.4 is 10.6 Å². The summed E-state index contributed by atoms with van der Waals surface area (Å²) in [4.78, 5) is 12.4. The molecule has 0 radical (unpaired) electrons. The van der Waals surface area contributed by atoms with E-state index in [1.165, 1.54) is 0 Å². The van der Waals surface area contributed by atoms with Crippen LogP contribution in [0.1, 0.15) is 9.75 Å². The summed E-state index contributed by atoms with van der Waals surface area (Å²) < 4.78 is 0. The van der Waals surface area contributed by atoms with Crippen molar-refractivity contribution in [2.24, 2.45) is 0 Å². The molecule has 2 aromatic heterocycles. The first-order valence-electron chi connectivity index (χ1n) is 5.62. The van der Waals surface area contributed by atoms with Gasteiger partial charge < -0.3 is 10.6 Å². The Balaban J connectivity index is 1.90. The molecule has 2 rings (SSSR count). The fourth-order valence-electron chi connectivity index (χ4n) is 1.45. The summed E-state index contributed by atoms with van der Waals surface area (Å²) in [5.74, 6) is 0.423. The smallest absolute Gasteiger partial charge is 0.274 e. The van der Waals surface area contributed by atoms with Crippen LogP contribution >= 0.6 is 22.7 Å². The van der Waals surface area contributed by atoms with Gasteiger partial charge in [-0.25, -0.2) is 0 Å². The van der Waals surface area contributed by atoms with E-state index in [0.29, 0.717) is 18.9 Å². The van der Waals surface area contributed by atoms with Gasteiger partial charge in [0.25, 0.3) is 6.20 Å². The molecule has 0 aliphatic carbocycles. The lowest BCUT2D eigenvalue weighted by Gasteiger charge is -2.09. The molecule has 0 aliphatic rings. The number of hydrogen-bond acceptors (Lipinski definition) is 6. The van der Waals surface area contributed by atoms with Crippen LogP contribution in [0.15, 0.2) is 47.0 Å². The molecule has 0 saturated carbocycles. The van der Waals surface area contributed by atoms with Gasteiger partial charge in [-0.15, -0.1) is 22.7 Å². The van der Waals surface area contributed by atoms with Crippen molar-refractivity contribution < 1.29 is 4.92 Å². The van der Waals surface area contributed by atoms with E-state index in [0.717, 1.165) is 16.0 Å². The maximum atomic E-state index is 10.6. The van der Waals surface area contributed by atoms with E-state index in [2.05, 4.69) is 10.6 Å². The topological polar surface area (TPSA) is 67.2 Å². The lowest BCUT2D eigenvalue weighted by atomic mass is 10.4. The molecule has 0 atom stereocenters. The maximum Gasteiger partial charge on any atom is 0.274 e. The van der Waals surface area contributed by atoms with Gasteiger partial charge in [-0.2, -0.15) is 0 Å². The summed E-state index contributed by atoms with van der Waals surface area (Å²) in [6, 6.07) is 7.89. The second-order valence-corrected chi connectivity index (χ2v) is 5.76. The predicted octanol–water partition coefficient (Wildman–Crippen LogP) is 2.76. The van der Waals surface area contributed by atoms with Crippen LogP contribution in [0.2, 0.25) is 0 Å². The quantitative estimate of drug-likeness (QED) is 0.609. The Morgan fingerprint density at radius 3 is 2.05 bits per heavy atom. The molecule has 2 aromatic rings. The molecule has 0 saturated heterocycles. The van der Waals surface area contributed by atoms with Crippen molar-refractivity contribution in [1.29, 1.82) is 0 Å². The van der Waals surface area contributed by atoms with Crippen LogP contribution in [-0.2, 0) is 13.1 Å². The minimum absolute atomic E-state index is 0.423. The Bertz CT molecular complexity index is 495. The summed E-state index contributed by atoms with van der Waals surface area (Å²) >= 11 is 3.23. The number of thiophene rings is 2. The molecule has 0 unspecified atom stereocenters. The monoisotopic (exact) mass is 295 g/mol. The van der Waals surface area contributed by atoms with Crippen molar-refractivity contribution in [3.8, 4) is 0 Å². The zero-order valence-corrected chi connectivity index (χ0v) is 11.7. The molecule has 0 fully saturated rings. The van der Waals surface area contributed by atoms with Crippen molar-refractivity contribution in [1.82, 2.24) is 10.6 Å². The van der Waals surface area contributed by atoms with Gasteiger partial charge >= 0.3 is 0 Å². The van der Waals surface area contributed by atoms with Crippen LogP contribution in [0.3, 0.4) is 0 Å².